The number of rotatable bonds is 5. The first-order chi connectivity index (χ1) is 18.5. The number of carbonyl (C=O) groups is 1. The lowest BCUT2D eigenvalue weighted by Gasteiger charge is -2.38. The monoisotopic (exact) mass is 512 g/mol. The second kappa shape index (κ2) is 10.3. The van der Waals surface area contributed by atoms with Crippen molar-refractivity contribution in [2.45, 2.75) is 26.1 Å². The van der Waals surface area contributed by atoms with Gasteiger partial charge in [-0.05, 0) is 79.7 Å². The predicted molar refractivity (Wildman–Crippen MR) is 148 cm³/mol. The van der Waals surface area contributed by atoms with Crippen molar-refractivity contribution in [2.75, 3.05) is 54.0 Å². The summed E-state index contributed by atoms with van der Waals surface area (Å²) in [4.78, 5) is 26.4. The zero-order valence-corrected chi connectivity index (χ0v) is 21.7. The number of aromatic nitrogens is 3. The Morgan fingerprint density at radius 3 is 1.89 bits per heavy atom. The average Bonchev–Trinajstić information content (AvgIpc) is 3.35. The number of fused-ring (bicyclic) bond motifs is 1. The number of carbonyl (C=O) groups excluding carboxylic acids is 1. The Morgan fingerprint density at radius 1 is 0.763 bits per heavy atom. The van der Waals surface area contributed by atoms with Crippen LogP contribution in [0.3, 0.4) is 0 Å². The van der Waals surface area contributed by atoms with Crippen molar-refractivity contribution in [1.82, 2.24) is 15.2 Å². The highest BCUT2D eigenvalue weighted by atomic mass is 16.7. The molecule has 0 bridgehead atoms. The van der Waals surface area contributed by atoms with Gasteiger partial charge in [0, 0.05) is 56.3 Å². The molecule has 2 saturated heterocycles. The minimum Gasteiger partial charge on any atom is -0.372 e. The van der Waals surface area contributed by atoms with Gasteiger partial charge < -0.3 is 24.3 Å². The van der Waals surface area contributed by atoms with Crippen molar-refractivity contribution in [1.29, 1.82) is 0 Å². The van der Waals surface area contributed by atoms with E-state index in [-0.39, 0.29) is 12.2 Å². The van der Waals surface area contributed by atoms with Gasteiger partial charge in [-0.2, -0.15) is 0 Å². The first-order valence-electron chi connectivity index (χ1n) is 13.2. The predicted octanol–water partition coefficient (Wildman–Crippen LogP) is 3.64. The van der Waals surface area contributed by atoms with Crippen LogP contribution in [-0.4, -0.2) is 72.6 Å². The number of morpholine rings is 1. The molecule has 0 aliphatic carbocycles. The second-order valence-electron chi connectivity index (χ2n) is 10.0. The van der Waals surface area contributed by atoms with Crippen LogP contribution < -0.4 is 19.5 Å². The summed E-state index contributed by atoms with van der Waals surface area (Å²) in [6, 6.07) is 23.8. The molecule has 3 aromatic carbocycles. The van der Waals surface area contributed by atoms with E-state index < -0.39 is 5.97 Å². The third kappa shape index (κ3) is 5.02. The largest absolute Gasteiger partial charge is 0.372 e. The van der Waals surface area contributed by atoms with E-state index in [0.29, 0.717) is 16.6 Å². The molecule has 38 heavy (non-hydrogen) atoms. The van der Waals surface area contributed by atoms with Crippen molar-refractivity contribution in [2.24, 2.45) is 0 Å². The van der Waals surface area contributed by atoms with Crippen LogP contribution >= 0.6 is 0 Å². The molecule has 9 heteroatoms. The maximum absolute atomic E-state index is 12.7. The van der Waals surface area contributed by atoms with Gasteiger partial charge in [-0.1, -0.05) is 17.0 Å². The van der Waals surface area contributed by atoms with E-state index in [9.17, 15) is 4.79 Å². The van der Waals surface area contributed by atoms with E-state index >= 15 is 0 Å². The number of anilines is 3. The molecular formula is C29H32N6O3. The molecule has 0 amide bonds. The summed E-state index contributed by atoms with van der Waals surface area (Å²) in [6.45, 7) is 9.82. The topological polar surface area (TPSA) is 76.0 Å². The lowest BCUT2D eigenvalue weighted by Crippen LogP contribution is -2.46. The van der Waals surface area contributed by atoms with Crippen LogP contribution in [0.5, 0.6) is 0 Å². The molecule has 1 aromatic heterocycles. The van der Waals surface area contributed by atoms with Crippen molar-refractivity contribution in [3.63, 3.8) is 0 Å². The molecule has 0 N–H and O–H groups in total. The van der Waals surface area contributed by atoms with Crippen LogP contribution in [0.2, 0.25) is 0 Å². The van der Waals surface area contributed by atoms with Gasteiger partial charge in [0.1, 0.15) is 11.0 Å². The van der Waals surface area contributed by atoms with Gasteiger partial charge in [0.05, 0.1) is 17.8 Å². The molecule has 0 saturated carbocycles. The molecule has 2 aliphatic heterocycles. The smallest absolute Gasteiger partial charge is 0.365 e. The first-order valence-corrected chi connectivity index (χ1v) is 13.2. The van der Waals surface area contributed by atoms with Gasteiger partial charge >= 0.3 is 5.97 Å². The summed E-state index contributed by atoms with van der Waals surface area (Å²) < 4.78 is 5.87. The zero-order valence-electron chi connectivity index (χ0n) is 21.7. The maximum atomic E-state index is 12.7. The van der Waals surface area contributed by atoms with Crippen LogP contribution in [-0.2, 0) is 4.74 Å². The fourth-order valence-electron chi connectivity index (χ4n) is 5.34. The van der Waals surface area contributed by atoms with E-state index in [1.807, 2.05) is 36.4 Å². The van der Waals surface area contributed by atoms with Crippen molar-refractivity contribution >= 4 is 34.1 Å². The summed E-state index contributed by atoms with van der Waals surface area (Å²) in [5.74, 6) is -0.471. The van der Waals surface area contributed by atoms with Crippen molar-refractivity contribution in [3.8, 4) is 0 Å². The normalized spacial score (nSPS) is 20.1. The number of nitrogens with zero attached hydrogens (tertiary/aromatic N) is 6. The molecule has 6 rings (SSSR count). The highest BCUT2D eigenvalue weighted by molar-refractivity contribution is 5.90. The highest BCUT2D eigenvalue weighted by Crippen LogP contribution is 2.26. The molecule has 196 valence electrons. The summed E-state index contributed by atoms with van der Waals surface area (Å²) in [5, 5.41) is 7.94. The van der Waals surface area contributed by atoms with Gasteiger partial charge in [0.2, 0.25) is 0 Å². The number of piperazine rings is 1. The SMILES string of the molecule is C[C@@H]1CN(c2ccc(N3CCN(c4ccc(C(=O)On5nnc6ccccc65)cc4)CC3)cc2)C[C@H](C)O1. The average molecular weight is 513 g/mol. The number of ether oxygens (including phenoxy) is 1. The summed E-state index contributed by atoms with van der Waals surface area (Å²) in [6.07, 6.45) is 0.500. The zero-order chi connectivity index (χ0) is 26.1. The lowest BCUT2D eigenvalue weighted by molar-refractivity contribution is -0.00522. The van der Waals surface area contributed by atoms with Crippen LogP contribution in [0.1, 0.15) is 24.2 Å². The third-order valence-corrected chi connectivity index (χ3v) is 7.24. The minimum atomic E-state index is -0.471. The molecule has 4 aromatic rings. The minimum absolute atomic E-state index is 0.250. The number of hydrogen-bond acceptors (Lipinski definition) is 8. The molecular weight excluding hydrogens is 480 g/mol. The van der Waals surface area contributed by atoms with Crippen molar-refractivity contribution in [3.05, 3.63) is 78.4 Å². The Labute approximate surface area is 222 Å². The molecule has 2 atom stereocenters. The summed E-state index contributed by atoms with van der Waals surface area (Å²) >= 11 is 0. The van der Waals surface area contributed by atoms with Crippen LogP contribution in [0.25, 0.3) is 11.0 Å². The molecule has 0 radical (unpaired) electrons. The molecule has 9 nitrogen and oxygen atoms in total. The summed E-state index contributed by atoms with van der Waals surface area (Å²) in [7, 11) is 0. The van der Waals surface area contributed by atoms with Gasteiger partial charge in [0.15, 0.2) is 0 Å². The molecule has 2 fully saturated rings. The standard InChI is InChI=1S/C29H32N6O3/c1-21-19-34(20-22(2)37-21)26-13-11-25(12-14-26)33-17-15-32(16-18-33)24-9-7-23(8-10-24)29(36)38-35-28-6-4-3-5-27(28)30-31-35/h3-14,21-22H,15-20H2,1-2H3/t21-,22+. The number of para-hydroxylation sites is 1. The van der Waals surface area contributed by atoms with Gasteiger partial charge in [0.25, 0.3) is 0 Å². The Morgan fingerprint density at radius 2 is 1.29 bits per heavy atom. The Bertz CT molecular complexity index is 1390. The number of benzene rings is 3. The maximum Gasteiger partial charge on any atom is 0.365 e. The van der Waals surface area contributed by atoms with E-state index in [2.05, 4.69) is 63.1 Å². The van der Waals surface area contributed by atoms with E-state index in [1.165, 1.54) is 16.2 Å². The Hall–Kier alpha value is -4.11. The van der Waals surface area contributed by atoms with Crippen LogP contribution in [0, 0.1) is 0 Å². The highest BCUT2D eigenvalue weighted by Gasteiger charge is 2.23. The molecule has 2 aliphatic rings. The fraction of sp³-hybridized carbons (Fsp3) is 0.345. The van der Waals surface area contributed by atoms with Gasteiger partial charge in [-0.15, -0.1) is 5.10 Å². The molecule has 0 unspecified atom stereocenters. The van der Waals surface area contributed by atoms with E-state index in [4.69, 9.17) is 9.57 Å². The second-order valence-corrected chi connectivity index (χ2v) is 10.0. The van der Waals surface area contributed by atoms with E-state index in [0.717, 1.165) is 45.0 Å². The van der Waals surface area contributed by atoms with Crippen LogP contribution in [0.15, 0.2) is 72.8 Å². The van der Waals surface area contributed by atoms with E-state index in [1.54, 1.807) is 12.1 Å². The summed E-state index contributed by atoms with van der Waals surface area (Å²) in [5.41, 5.74) is 5.39. The fourth-order valence-corrected chi connectivity index (χ4v) is 5.34. The lowest BCUT2D eigenvalue weighted by atomic mass is 10.1. The quantitative estimate of drug-likeness (QED) is 0.375. The third-order valence-electron chi connectivity index (χ3n) is 7.24. The van der Waals surface area contributed by atoms with Gasteiger partial charge in [-0.3, -0.25) is 0 Å². The number of hydrogen-bond donors (Lipinski definition) is 0. The Kier molecular flexibility index (Phi) is 6.59. The van der Waals surface area contributed by atoms with Gasteiger partial charge in [-0.25, -0.2) is 4.79 Å². The van der Waals surface area contributed by atoms with Crippen LogP contribution in [0.4, 0.5) is 17.1 Å². The van der Waals surface area contributed by atoms with Crippen molar-refractivity contribution < 1.29 is 14.4 Å². The molecule has 3 heterocycles. The molecule has 0 spiro atoms. The Balaban J connectivity index is 1.04. The first kappa shape index (κ1) is 24.2.